The summed E-state index contributed by atoms with van der Waals surface area (Å²) in [5.74, 6) is -1.01. The lowest BCUT2D eigenvalue weighted by Gasteiger charge is -2.08. The minimum absolute atomic E-state index is 0.0240. The SMILES string of the molecule is O=C(Nc1cccc(C(F)(F)F)c1)c1nnc(-c2cccc(-c3ccsc3)c2)o1. The average Bonchev–Trinajstić information content (AvgIpc) is 3.40. The van der Waals surface area contributed by atoms with E-state index in [1.165, 1.54) is 12.1 Å². The van der Waals surface area contributed by atoms with Crippen LogP contribution in [0.4, 0.5) is 18.9 Å². The molecule has 0 aliphatic rings. The molecule has 0 saturated carbocycles. The first-order valence-electron chi connectivity index (χ1n) is 8.35. The number of nitrogens with one attached hydrogen (secondary N) is 1. The number of halogens is 3. The van der Waals surface area contributed by atoms with Crippen LogP contribution in [0.3, 0.4) is 0 Å². The average molecular weight is 415 g/mol. The molecule has 0 spiro atoms. The van der Waals surface area contributed by atoms with Gasteiger partial charge in [0, 0.05) is 11.3 Å². The maximum absolute atomic E-state index is 12.8. The Hall–Kier alpha value is -3.46. The predicted molar refractivity (Wildman–Crippen MR) is 102 cm³/mol. The van der Waals surface area contributed by atoms with Crippen molar-refractivity contribution >= 4 is 22.9 Å². The highest BCUT2D eigenvalue weighted by atomic mass is 32.1. The third-order valence-corrected chi connectivity index (χ3v) is 4.71. The second kappa shape index (κ2) is 7.51. The van der Waals surface area contributed by atoms with Gasteiger partial charge in [-0.3, -0.25) is 4.79 Å². The molecule has 0 bridgehead atoms. The highest BCUT2D eigenvalue weighted by molar-refractivity contribution is 7.08. The van der Waals surface area contributed by atoms with Gasteiger partial charge in [0.2, 0.25) is 5.89 Å². The molecule has 4 rings (SSSR count). The number of benzene rings is 2. The molecule has 0 fully saturated rings. The molecule has 5 nitrogen and oxygen atoms in total. The summed E-state index contributed by atoms with van der Waals surface area (Å²) in [5.41, 5.74) is 1.73. The topological polar surface area (TPSA) is 68.0 Å². The van der Waals surface area contributed by atoms with E-state index in [4.69, 9.17) is 4.42 Å². The fraction of sp³-hybridized carbons (Fsp3) is 0.0500. The maximum atomic E-state index is 12.8. The second-order valence-electron chi connectivity index (χ2n) is 6.04. The van der Waals surface area contributed by atoms with Crippen LogP contribution in [0.1, 0.15) is 16.2 Å². The molecule has 1 N–H and O–H groups in total. The first-order valence-corrected chi connectivity index (χ1v) is 9.29. The quantitative estimate of drug-likeness (QED) is 0.462. The first-order chi connectivity index (χ1) is 13.9. The summed E-state index contributed by atoms with van der Waals surface area (Å²) in [5, 5.41) is 13.9. The number of alkyl halides is 3. The zero-order valence-corrected chi connectivity index (χ0v) is 15.4. The molecule has 0 aliphatic heterocycles. The van der Waals surface area contributed by atoms with E-state index in [1.54, 1.807) is 17.4 Å². The van der Waals surface area contributed by atoms with Gasteiger partial charge in [-0.1, -0.05) is 18.2 Å². The van der Waals surface area contributed by atoms with Crippen LogP contribution in [0.5, 0.6) is 0 Å². The van der Waals surface area contributed by atoms with E-state index in [9.17, 15) is 18.0 Å². The Labute approximate surface area is 166 Å². The Kier molecular flexibility index (Phi) is 4.89. The summed E-state index contributed by atoms with van der Waals surface area (Å²) >= 11 is 1.57. The summed E-state index contributed by atoms with van der Waals surface area (Å²) in [6, 6.07) is 13.6. The Morgan fingerprint density at radius 1 is 0.966 bits per heavy atom. The summed E-state index contributed by atoms with van der Waals surface area (Å²) in [7, 11) is 0. The van der Waals surface area contributed by atoms with Crippen molar-refractivity contribution < 1.29 is 22.4 Å². The Bertz CT molecular complexity index is 1150. The van der Waals surface area contributed by atoms with Crippen LogP contribution in [0.25, 0.3) is 22.6 Å². The first kappa shape index (κ1) is 18.9. The zero-order valence-electron chi connectivity index (χ0n) is 14.6. The molecule has 2 heterocycles. The smallest absolute Gasteiger partial charge is 0.412 e. The number of rotatable bonds is 4. The molecule has 9 heteroatoms. The van der Waals surface area contributed by atoms with Gasteiger partial charge in [0.05, 0.1) is 5.56 Å². The van der Waals surface area contributed by atoms with Gasteiger partial charge in [-0.05, 0) is 58.3 Å². The summed E-state index contributed by atoms with van der Waals surface area (Å²) in [6.45, 7) is 0. The van der Waals surface area contributed by atoms with E-state index in [2.05, 4.69) is 15.5 Å². The van der Waals surface area contributed by atoms with Crippen LogP contribution < -0.4 is 5.32 Å². The number of carbonyl (C=O) groups is 1. The van der Waals surface area contributed by atoms with Gasteiger partial charge in [0.15, 0.2) is 0 Å². The van der Waals surface area contributed by atoms with Crippen LogP contribution in [-0.2, 0) is 6.18 Å². The van der Waals surface area contributed by atoms with Gasteiger partial charge >= 0.3 is 18.0 Å². The Balaban J connectivity index is 1.54. The van der Waals surface area contributed by atoms with Gasteiger partial charge in [-0.2, -0.15) is 24.5 Å². The van der Waals surface area contributed by atoms with Gasteiger partial charge in [-0.15, -0.1) is 10.2 Å². The molecule has 2 aromatic heterocycles. The van der Waals surface area contributed by atoms with Crippen molar-refractivity contribution in [3.63, 3.8) is 0 Å². The molecule has 4 aromatic rings. The van der Waals surface area contributed by atoms with E-state index < -0.39 is 17.6 Å². The minimum atomic E-state index is -4.51. The van der Waals surface area contributed by atoms with Gasteiger partial charge in [0.1, 0.15) is 0 Å². The van der Waals surface area contributed by atoms with E-state index in [0.717, 1.165) is 23.3 Å². The second-order valence-corrected chi connectivity index (χ2v) is 6.82. The van der Waals surface area contributed by atoms with Crippen molar-refractivity contribution in [3.8, 4) is 22.6 Å². The highest BCUT2D eigenvalue weighted by Gasteiger charge is 2.30. The molecule has 0 radical (unpaired) electrons. The number of hydrogen-bond donors (Lipinski definition) is 1. The molecule has 29 heavy (non-hydrogen) atoms. The summed E-state index contributed by atoms with van der Waals surface area (Å²) in [4.78, 5) is 12.3. The molecular weight excluding hydrogens is 403 g/mol. The van der Waals surface area contributed by atoms with Crippen molar-refractivity contribution in [2.24, 2.45) is 0 Å². The fourth-order valence-corrected chi connectivity index (χ4v) is 3.31. The van der Waals surface area contributed by atoms with Crippen LogP contribution in [0.15, 0.2) is 69.8 Å². The van der Waals surface area contributed by atoms with Crippen molar-refractivity contribution in [2.45, 2.75) is 6.18 Å². The lowest BCUT2D eigenvalue weighted by molar-refractivity contribution is -0.137. The standard InChI is InChI=1S/C20H12F3N3O2S/c21-20(22,23)15-5-2-6-16(10-15)24-17(27)19-26-25-18(28-19)13-4-1-3-12(9-13)14-7-8-29-11-14/h1-11H,(H,24,27). The zero-order chi connectivity index (χ0) is 20.4. The highest BCUT2D eigenvalue weighted by Crippen LogP contribution is 2.31. The molecule has 0 aliphatic carbocycles. The monoisotopic (exact) mass is 415 g/mol. The van der Waals surface area contributed by atoms with Gasteiger partial charge < -0.3 is 9.73 Å². The molecule has 1 amide bonds. The Morgan fingerprint density at radius 3 is 2.52 bits per heavy atom. The normalized spacial score (nSPS) is 11.4. The summed E-state index contributed by atoms with van der Waals surface area (Å²) < 4.78 is 43.8. The van der Waals surface area contributed by atoms with Crippen molar-refractivity contribution in [2.75, 3.05) is 5.32 Å². The lowest BCUT2D eigenvalue weighted by atomic mass is 10.1. The minimum Gasteiger partial charge on any atom is -0.412 e. The van der Waals surface area contributed by atoms with E-state index in [1.807, 2.05) is 35.0 Å². The van der Waals surface area contributed by atoms with E-state index in [0.29, 0.717) is 5.56 Å². The number of thiophene rings is 1. The van der Waals surface area contributed by atoms with Crippen molar-refractivity contribution in [3.05, 3.63) is 76.8 Å². The lowest BCUT2D eigenvalue weighted by Crippen LogP contribution is -2.13. The maximum Gasteiger partial charge on any atom is 0.416 e. The molecular formula is C20H12F3N3O2S. The molecule has 0 atom stereocenters. The number of aromatic nitrogens is 2. The molecule has 2 aromatic carbocycles. The van der Waals surface area contributed by atoms with Crippen LogP contribution in [0.2, 0.25) is 0 Å². The van der Waals surface area contributed by atoms with Crippen LogP contribution in [0, 0.1) is 0 Å². The third kappa shape index (κ3) is 4.19. The van der Waals surface area contributed by atoms with Gasteiger partial charge in [-0.25, -0.2) is 0 Å². The Morgan fingerprint density at radius 2 is 1.76 bits per heavy atom. The molecule has 0 saturated heterocycles. The molecule has 146 valence electrons. The summed E-state index contributed by atoms with van der Waals surface area (Å²) in [6.07, 6.45) is -4.51. The van der Waals surface area contributed by atoms with Crippen molar-refractivity contribution in [1.29, 1.82) is 0 Å². The number of nitrogens with zero attached hydrogens (tertiary/aromatic N) is 2. The van der Waals surface area contributed by atoms with Gasteiger partial charge in [0.25, 0.3) is 0 Å². The van der Waals surface area contributed by atoms with Crippen LogP contribution in [-0.4, -0.2) is 16.1 Å². The predicted octanol–water partition coefficient (Wildman–Crippen LogP) is 5.74. The number of hydrogen-bond acceptors (Lipinski definition) is 5. The number of amides is 1. The largest absolute Gasteiger partial charge is 0.416 e. The molecule has 0 unspecified atom stereocenters. The van der Waals surface area contributed by atoms with E-state index >= 15 is 0 Å². The number of carbonyl (C=O) groups excluding carboxylic acids is 1. The van der Waals surface area contributed by atoms with E-state index in [-0.39, 0.29) is 17.5 Å². The number of anilines is 1. The fourth-order valence-electron chi connectivity index (χ4n) is 2.65. The van der Waals surface area contributed by atoms with Crippen molar-refractivity contribution in [1.82, 2.24) is 10.2 Å². The van der Waals surface area contributed by atoms with Crippen LogP contribution >= 0.6 is 11.3 Å². The third-order valence-electron chi connectivity index (χ3n) is 4.03.